The number of nitrogens with two attached hydrogens (primary N) is 1. The molecule has 46 heavy (non-hydrogen) atoms. The lowest BCUT2D eigenvalue weighted by Gasteiger charge is -2.14. The number of sulfonamides is 1. The highest BCUT2D eigenvalue weighted by Crippen LogP contribution is 2.41. The second-order valence-electron chi connectivity index (χ2n) is 9.10. The average molecular weight is 689 g/mol. The molecule has 20 heteroatoms. The maximum Gasteiger partial charge on any atom is 0.420 e. The van der Waals surface area contributed by atoms with Crippen molar-refractivity contribution < 1.29 is 53.7 Å². The van der Waals surface area contributed by atoms with Gasteiger partial charge in [-0.15, -0.1) is 0 Å². The first kappa shape index (κ1) is 34.0. The van der Waals surface area contributed by atoms with E-state index in [1.54, 1.807) is 0 Å². The summed E-state index contributed by atoms with van der Waals surface area (Å²) in [4.78, 5) is -0.574. The van der Waals surface area contributed by atoms with E-state index in [1.165, 1.54) is 24.3 Å². The lowest BCUT2D eigenvalue weighted by molar-refractivity contribution is -0.139. The highest BCUT2D eigenvalue weighted by atomic mass is 32.2. The maximum absolute atomic E-state index is 13.1. The van der Waals surface area contributed by atoms with Gasteiger partial charge in [-0.3, -0.25) is 9.27 Å². The minimum absolute atomic E-state index is 0.0220. The molecule has 0 spiro atoms. The zero-order chi connectivity index (χ0) is 34.0. The van der Waals surface area contributed by atoms with E-state index < -0.39 is 61.2 Å². The second-order valence-corrected chi connectivity index (χ2v) is 11.3. The fourth-order valence-electron chi connectivity index (χ4n) is 3.90. The number of nitrogens with zero attached hydrogens (tertiary/aromatic N) is 4. The summed E-state index contributed by atoms with van der Waals surface area (Å²) in [6.07, 6.45) is -9.76. The fraction of sp³-hybridized carbons (Fsp3) is 0.0769. The first-order chi connectivity index (χ1) is 21.3. The molecular formula is C26H18F6N6O6S2. The zero-order valence-electron chi connectivity index (χ0n) is 22.4. The minimum atomic E-state index is -4.89. The van der Waals surface area contributed by atoms with Gasteiger partial charge >= 0.3 is 12.4 Å². The first-order valence-corrected chi connectivity index (χ1v) is 14.8. The van der Waals surface area contributed by atoms with Gasteiger partial charge in [0.2, 0.25) is 10.0 Å². The van der Waals surface area contributed by atoms with Crippen molar-refractivity contribution in [2.75, 3.05) is 4.72 Å². The largest absolute Gasteiger partial charge is 0.507 e. The van der Waals surface area contributed by atoms with Crippen molar-refractivity contribution in [2.24, 2.45) is 25.6 Å². The number of nitrogens with one attached hydrogen (secondary N) is 1. The molecule has 6 N–H and O–H groups in total. The number of rotatable bonds is 8. The Kier molecular flexibility index (Phi) is 9.47. The molecule has 0 saturated carbocycles. The Labute approximate surface area is 257 Å². The van der Waals surface area contributed by atoms with Crippen molar-refractivity contribution in [3.63, 3.8) is 0 Å². The number of anilines is 1. The number of hydrogen-bond donors (Lipinski definition) is 5. The third-order valence-corrected chi connectivity index (χ3v) is 7.24. The predicted molar refractivity (Wildman–Crippen MR) is 152 cm³/mol. The molecule has 0 aromatic heterocycles. The molecule has 4 rings (SSSR count). The van der Waals surface area contributed by atoms with Crippen LogP contribution in [0.2, 0.25) is 0 Å². The molecule has 12 nitrogen and oxygen atoms in total. The average Bonchev–Trinajstić information content (AvgIpc) is 2.94. The van der Waals surface area contributed by atoms with E-state index in [1.807, 2.05) is 0 Å². The van der Waals surface area contributed by atoms with E-state index in [0.29, 0.717) is 12.1 Å². The van der Waals surface area contributed by atoms with Gasteiger partial charge in [0.25, 0.3) is 11.3 Å². The molecule has 242 valence electrons. The molecule has 1 unspecified atom stereocenters. The van der Waals surface area contributed by atoms with Crippen molar-refractivity contribution in [3.05, 3.63) is 83.9 Å². The lowest BCUT2D eigenvalue weighted by atomic mass is 10.0. The van der Waals surface area contributed by atoms with Crippen LogP contribution < -0.4 is 9.86 Å². The van der Waals surface area contributed by atoms with E-state index in [2.05, 4.69) is 25.2 Å². The highest BCUT2D eigenvalue weighted by molar-refractivity contribution is 7.89. The molecule has 0 bridgehead atoms. The fourth-order valence-corrected chi connectivity index (χ4v) is 5.02. The van der Waals surface area contributed by atoms with Crippen LogP contribution in [0.15, 0.2) is 98.1 Å². The third-order valence-electron chi connectivity index (χ3n) is 5.90. The molecule has 0 aliphatic rings. The summed E-state index contributed by atoms with van der Waals surface area (Å²) in [5, 5.41) is 39.2. The summed E-state index contributed by atoms with van der Waals surface area (Å²) in [6, 6.07) is 11.6. The molecule has 1 atom stereocenters. The number of benzene rings is 4. The Morgan fingerprint density at radius 2 is 1.04 bits per heavy atom. The van der Waals surface area contributed by atoms with Gasteiger partial charge in [-0.25, -0.2) is 17.8 Å². The smallest absolute Gasteiger partial charge is 0.420 e. The summed E-state index contributed by atoms with van der Waals surface area (Å²) < 4.78 is 127. The summed E-state index contributed by atoms with van der Waals surface area (Å²) in [7, 11) is -4.54. The van der Waals surface area contributed by atoms with E-state index in [-0.39, 0.29) is 39.6 Å². The molecule has 4 aromatic carbocycles. The number of hydrogen-bond acceptors (Lipinski definition) is 9. The third kappa shape index (κ3) is 8.21. The van der Waals surface area contributed by atoms with Gasteiger partial charge in [0.1, 0.15) is 11.5 Å². The molecule has 0 heterocycles. The Morgan fingerprint density at radius 3 is 1.46 bits per heavy atom. The number of aromatic hydroxyl groups is 2. The van der Waals surface area contributed by atoms with Crippen molar-refractivity contribution in [1.29, 1.82) is 0 Å². The van der Waals surface area contributed by atoms with Crippen LogP contribution in [0.25, 0.3) is 11.1 Å². The Hall–Kier alpha value is -4.92. The van der Waals surface area contributed by atoms with Crippen molar-refractivity contribution in [3.8, 4) is 22.6 Å². The molecular weight excluding hydrogens is 670 g/mol. The molecule has 0 fully saturated rings. The number of halogens is 6. The van der Waals surface area contributed by atoms with Crippen LogP contribution in [0.4, 0.5) is 54.8 Å². The van der Waals surface area contributed by atoms with Crippen molar-refractivity contribution in [2.45, 2.75) is 17.2 Å². The van der Waals surface area contributed by atoms with Crippen molar-refractivity contribution >= 4 is 49.7 Å². The van der Waals surface area contributed by atoms with Crippen LogP contribution in [0.5, 0.6) is 11.5 Å². The van der Waals surface area contributed by atoms with Gasteiger partial charge in [0.15, 0.2) is 0 Å². The molecule has 4 aromatic rings. The van der Waals surface area contributed by atoms with Gasteiger partial charge in [0, 0.05) is 11.1 Å². The van der Waals surface area contributed by atoms with Gasteiger partial charge in [-0.2, -0.15) is 46.8 Å². The lowest BCUT2D eigenvalue weighted by Crippen LogP contribution is -2.14. The zero-order valence-corrected chi connectivity index (χ0v) is 24.1. The monoisotopic (exact) mass is 688 g/mol. The highest BCUT2D eigenvalue weighted by Gasteiger charge is 2.35. The van der Waals surface area contributed by atoms with Crippen LogP contribution >= 0.6 is 0 Å². The van der Waals surface area contributed by atoms with E-state index >= 15 is 0 Å². The Balaban J connectivity index is 1.73. The predicted octanol–water partition coefficient (Wildman–Crippen LogP) is 7.83. The molecule has 0 saturated heterocycles. The number of azo groups is 2. The molecule has 0 aliphatic heterocycles. The first-order valence-electron chi connectivity index (χ1n) is 12.2. The van der Waals surface area contributed by atoms with Gasteiger partial charge in [-0.1, -0.05) is 12.1 Å². The van der Waals surface area contributed by atoms with E-state index in [9.17, 15) is 53.7 Å². The second kappa shape index (κ2) is 12.8. The molecule has 0 amide bonds. The topological polar surface area (TPSA) is 199 Å². The summed E-state index contributed by atoms with van der Waals surface area (Å²) in [5.41, 5.74) is -3.93. The van der Waals surface area contributed by atoms with Crippen LogP contribution in [-0.2, 0) is 33.6 Å². The molecule has 0 radical (unpaired) electrons. The SMILES string of the molecule is NS(=O)(=O)c1cc(N=Nc2ccc(O)c(C(F)(F)F)c2)ccc1-c1ccc(N=Nc2ccc(O)c(C(F)(F)F)c2)cc1NS(=O)O. The summed E-state index contributed by atoms with van der Waals surface area (Å²) >= 11 is -2.72. The summed E-state index contributed by atoms with van der Waals surface area (Å²) in [5.74, 6) is -2.06. The number of phenolic OH excluding ortho intramolecular Hbond substituents is 2. The van der Waals surface area contributed by atoms with Crippen LogP contribution in [0.1, 0.15) is 11.1 Å². The number of primary sulfonamides is 1. The van der Waals surface area contributed by atoms with Gasteiger partial charge in [0.05, 0.1) is 44.5 Å². The normalized spacial score (nSPS) is 13.4. The van der Waals surface area contributed by atoms with Crippen molar-refractivity contribution in [1.82, 2.24) is 0 Å². The Morgan fingerprint density at radius 1 is 0.652 bits per heavy atom. The number of phenols is 2. The standard InChI is InChI=1S/C26H18F6N6O6S2/c27-25(28,29)19-9-13(3-7-22(19)39)34-36-15-1-5-17(21(11-15)38-45(41)42)18-6-2-16(12-24(18)46(33,43)44)37-35-14-4-8-23(40)20(10-14)26(30,31)32/h1-12,38-40H,(H,41,42)(H2,33,43,44). The van der Waals surface area contributed by atoms with Crippen LogP contribution in [-0.4, -0.2) is 27.4 Å². The van der Waals surface area contributed by atoms with E-state index in [0.717, 1.165) is 36.4 Å². The van der Waals surface area contributed by atoms with E-state index in [4.69, 9.17) is 5.14 Å². The summed E-state index contributed by atoms with van der Waals surface area (Å²) in [6.45, 7) is 0. The van der Waals surface area contributed by atoms with Crippen LogP contribution in [0.3, 0.4) is 0 Å². The number of alkyl halides is 6. The maximum atomic E-state index is 13.1. The molecule has 0 aliphatic carbocycles. The Bertz CT molecular complexity index is 2000. The van der Waals surface area contributed by atoms with Gasteiger partial charge in [-0.05, 0) is 60.7 Å². The minimum Gasteiger partial charge on any atom is -0.507 e. The quantitative estimate of drug-likeness (QED) is 0.0709. The van der Waals surface area contributed by atoms with Crippen LogP contribution in [0, 0.1) is 0 Å². The van der Waals surface area contributed by atoms with Gasteiger partial charge < -0.3 is 10.2 Å².